The second kappa shape index (κ2) is 8.40. The summed E-state index contributed by atoms with van der Waals surface area (Å²) in [4.78, 5) is 24.2. The highest BCUT2D eigenvalue weighted by molar-refractivity contribution is 5.97. The molecule has 3 rings (SSSR count). The molecule has 6 heteroatoms. The zero-order valence-corrected chi connectivity index (χ0v) is 15.2. The van der Waals surface area contributed by atoms with E-state index in [1.807, 2.05) is 49.4 Å². The summed E-state index contributed by atoms with van der Waals surface area (Å²) >= 11 is 0. The van der Waals surface area contributed by atoms with Crippen LogP contribution in [0.5, 0.6) is 0 Å². The zero-order chi connectivity index (χ0) is 19.2. The molecule has 0 unspecified atom stereocenters. The van der Waals surface area contributed by atoms with Gasteiger partial charge in [0.05, 0.1) is 6.42 Å². The number of rotatable bonds is 7. The number of aryl methyl sites for hydroxylation is 1. The fourth-order valence-corrected chi connectivity index (χ4v) is 2.50. The highest BCUT2D eigenvalue weighted by Crippen LogP contribution is 2.22. The van der Waals surface area contributed by atoms with E-state index in [2.05, 4.69) is 10.2 Å². The summed E-state index contributed by atoms with van der Waals surface area (Å²) in [5.41, 5.74) is 2.46. The molecule has 0 aliphatic heterocycles. The Bertz CT molecular complexity index is 917. The average molecular weight is 364 g/mol. The van der Waals surface area contributed by atoms with E-state index >= 15 is 0 Å². The van der Waals surface area contributed by atoms with Crippen LogP contribution in [0.1, 0.15) is 47.7 Å². The number of Topliss-reactive ketones (excluding diaryl/α,β-unsaturated/α-hetero) is 1. The summed E-state index contributed by atoms with van der Waals surface area (Å²) in [6, 6.07) is 16.6. The number of aromatic nitrogens is 2. The third-order valence-corrected chi connectivity index (χ3v) is 4.05. The van der Waals surface area contributed by atoms with Crippen LogP contribution in [0.25, 0.3) is 11.5 Å². The third kappa shape index (κ3) is 4.88. The number of hydrogen-bond acceptors (Lipinski definition) is 6. The Morgan fingerprint density at radius 2 is 1.70 bits per heavy atom. The molecule has 2 aromatic carbocycles. The van der Waals surface area contributed by atoms with Gasteiger partial charge in [0.25, 0.3) is 5.89 Å². The lowest BCUT2D eigenvalue weighted by Gasteiger charge is -2.09. The van der Waals surface area contributed by atoms with Crippen molar-refractivity contribution in [1.82, 2.24) is 10.2 Å². The Balaban J connectivity index is 1.52. The number of ether oxygens (including phenoxy) is 1. The molecule has 1 atom stereocenters. The van der Waals surface area contributed by atoms with Gasteiger partial charge in [-0.05, 0) is 26.0 Å². The Labute approximate surface area is 157 Å². The van der Waals surface area contributed by atoms with Crippen LogP contribution in [0.15, 0.2) is 59.0 Å². The molecule has 1 aromatic heterocycles. The first-order chi connectivity index (χ1) is 13.0. The summed E-state index contributed by atoms with van der Waals surface area (Å²) in [7, 11) is 0. The largest absolute Gasteiger partial charge is 0.453 e. The van der Waals surface area contributed by atoms with E-state index in [4.69, 9.17) is 9.15 Å². The minimum absolute atomic E-state index is 0.00324. The van der Waals surface area contributed by atoms with Crippen molar-refractivity contribution in [1.29, 1.82) is 0 Å². The zero-order valence-electron chi connectivity index (χ0n) is 15.2. The summed E-state index contributed by atoms with van der Waals surface area (Å²) < 4.78 is 10.9. The first-order valence-electron chi connectivity index (χ1n) is 8.71. The van der Waals surface area contributed by atoms with E-state index < -0.39 is 12.1 Å². The molecular weight excluding hydrogens is 344 g/mol. The van der Waals surface area contributed by atoms with Crippen LogP contribution in [0.2, 0.25) is 0 Å². The van der Waals surface area contributed by atoms with E-state index in [1.54, 1.807) is 19.1 Å². The SMILES string of the molecule is Cc1ccc(C(=O)CCC(=O)O[C@@H](C)c2nnc(-c3ccccc3)o2)cc1. The van der Waals surface area contributed by atoms with Crippen molar-refractivity contribution >= 4 is 11.8 Å². The molecule has 0 aliphatic carbocycles. The van der Waals surface area contributed by atoms with Gasteiger partial charge in [0.1, 0.15) is 0 Å². The van der Waals surface area contributed by atoms with Crippen molar-refractivity contribution in [3.8, 4) is 11.5 Å². The van der Waals surface area contributed by atoms with Crippen LogP contribution in [0, 0.1) is 6.92 Å². The molecule has 0 amide bonds. The van der Waals surface area contributed by atoms with Gasteiger partial charge < -0.3 is 9.15 Å². The van der Waals surface area contributed by atoms with E-state index in [1.165, 1.54) is 0 Å². The maximum atomic E-state index is 12.1. The molecule has 0 radical (unpaired) electrons. The number of benzene rings is 2. The molecule has 0 N–H and O–H groups in total. The van der Waals surface area contributed by atoms with Gasteiger partial charge in [0.15, 0.2) is 11.9 Å². The fraction of sp³-hybridized carbons (Fsp3) is 0.238. The van der Waals surface area contributed by atoms with Crippen LogP contribution in [0.4, 0.5) is 0 Å². The molecule has 138 valence electrons. The number of carbonyl (C=O) groups is 2. The average Bonchev–Trinajstić information content (AvgIpc) is 3.18. The highest BCUT2D eigenvalue weighted by atomic mass is 16.6. The van der Waals surface area contributed by atoms with Crippen molar-refractivity contribution in [2.75, 3.05) is 0 Å². The maximum Gasteiger partial charge on any atom is 0.307 e. The quantitative estimate of drug-likeness (QED) is 0.459. The lowest BCUT2D eigenvalue weighted by molar-refractivity contribution is -0.149. The van der Waals surface area contributed by atoms with E-state index in [0.717, 1.165) is 11.1 Å². The summed E-state index contributed by atoms with van der Waals surface area (Å²) in [5.74, 6) is 0.00120. The molecule has 6 nitrogen and oxygen atoms in total. The first kappa shape index (κ1) is 18.5. The Hall–Kier alpha value is -3.28. The van der Waals surface area contributed by atoms with Crippen LogP contribution in [-0.2, 0) is 9.53 Å². The van der Waals surface area contributed by atoms with Gasteiger partial charge in [-0.2, -0.15) is 0 Å². The fourth-order valence-electron chi connectivity index (χ4n) is 2.50. The number of carbonyl (C=O) groups excluding carboxylic acids is 2. The van der Waals surface area contributed by atoms with E-state index in [0.29, 0.717) is 11.5 Å². The molecule has 0 aliphatic rings. The Kier molecular flexibility index (Phi) is 5.76. The topological polar surface area (TPSA) is 82.3 Å². The van der Waals surface area contributed by atoms with Gasteiger partial charge in [-0.15, -0.1) is 10.2 Å². The smallest absolute Gasteiger partial charge is 0.307 e. The highest BCUT2D eigenvalue weighted by Gasteiger charge is 2.19. The molecule has 27 heavy (non-hydrogen) atoms. The number of ketones is 1. The predicted molar refractivity (Wildman–Crippen MR) is 99.0 cm³/mol. The summed E-state index contributed by atoms with van der Waals surface area (Å²) in [5, 5.41) is 7.91. The molecular formula is C21H20N2O4. The third-order valence-electron chi connectivity index (χ3n) is 4.05. The van der Waals surface area contributed by atoms with Crippen molar-refractivity contribution in [3.63, 3.8) is 0 Å². The van der Waals surface area contributed by atoms with Gasteiger partial charge in [0.2, 0.25) is 5.89 Å². The normalized spacial score (nSPS) is 11.8. The van der Waals surface area contributed by atoms with Gasteiger partial charge >= 0.3 is 5.97 Å². The van der Waals surface area contributed by atoms with Crippen LogP contribution < -0.4 is 0 Å². The molecule has 0 fully saturated rings. The van der Waals surface area contributed by atoms with Gasteiger partial charge in [-0.25, -0.2) is 0 Å². The van der Waals surface area contributed by atoms with E-state index in [-0.39, 0.29) is 24.5 Å². The Morgan fingerprint density at radius 1 is 1.00 bits per heavy atom. The maximum absolute atomic E-state index is 12.1. The molecule has 0 bridgehead atoms. The minimum Gasteiger partial charge on any atom is -0.453 e. The first-order valence-corrected chi connectivity index (χ1v) is 8.71. The molecule has 0 saturated carbocycles. The number of esters is 1. The van der Waals surface area contributed by atoms with Crippen molar-refractivity contribution in [2.24, 2.45) is 0 Å². The van der Waals surface area contributed by atoms with E-state index in [9.17, 15) is 9.59 Å². The summed E-state index contributed by atoms with van der Waals surface area (Å²) in [6.07, 6.45) is -0.596. The molecule has 0 spiro atoms. The van der Waals surface area contributed by atoms with Crippen molar-refractivity contribution in [2.45, 2.75) is 32.8 Å². The van der Waals surface area contributed by atoms with Crippen molar-refractivity contribution < 1.29 is 18.7 Å². The van der Waals surface area contributed by atoms with Crippen molar-refractivity contribution in [3.05, 3.63) is 71.6 Å². The standard InChI is InChI=1S/C21H20N2O4/c1-14-8-10-16(11-9-14)18(24)12-13-19(25)26-15(2)20-22-23-21(27-20)17-6-4-3-5-7-17/h3-11,15H,12-13H2,1-2H3/t15-/m0/s1. The number of hydrogen-bond donors (Lipinski definition) is 0. The second-order valence-electron chi connectivity index (χ2n) is 6.23. The predicted octanol–water partition coefficient (Wildman–Crippen LogP) is 4.31. The monoisotopic (exact) mass is 364 g/mol. The molecule has 0 saturated heterocycles. The lowest BCUT2D eigenvalue weighted by Crippen LogP contribution is -2.11. The minimum atomic E-state index is -0.683. The molecule has 1 heterocycles. The van der Waals surface area contributed by atoms with Gasteiger partial charge in [-0.3, -0.25) is 9.59 Å². The second-order valence-corrected chi connectivity index (χ2v) is 6.23. The van der Waals surface area contributed by atoms with Crippen LogP contribution >= 0.6 is 0 Å². The van der Waals surface area contributed by atoms with Crippen LogP contribution in [0.3, 0.4) is 0 Å². The van der Waals surface area contributed by atoms with Crippen LogP contribution in [-0.4, -0.2) is 21.9 Å². The number of nitrogens with zero attached hydrogens (tertiary/aromatic N) is 2. The lowest BCUT2D eigenvalue weighted by atomic mass is 10.1. The van der Waals surface area contributed by atoms with Gasteiger partial charge in [0, 0.05) is 17.5 Å². The Morgan fingerprint density at radius 3 is 2.41 bits per heavy atom. The van der Waals surface area contributed by atoms with Gasteiger partial charge in [-0.1, -0.05) is 48.0 Å². The molecule has 3 aromatic rings. The summed E-state index contributed by atoms with van der Waals surface area (Å²) in [6.45, 7) is 3.61.